The molecule has 0 aromatic rings. The molecule has 8 heteroatoms. The molecule has 1 saturated heterocycles. The highest BCUT2D eigenvalue weighted by Crippen LogP contribution is 2.27. The van der Waals surface area contributed by atoms with Crippen molar-refractivity contribution in [1.29, 1.82) is 0 Å². The van der Waals surface area contributed by atoms with Gasteiger partial charge in [-0.15, -0.1) is 0 Å². The summed E-state index contributed by atoms with van der Waals surface area (Å²) in [6.45, 7) is 3.70. The van der Waals surface area contributed by atoms with Crippen LogP contribution in [-0.2, 0) is 33.3 Å². The summed E-state index contributed by atoms with van der Waals surface area (Å²) in [6, 6.07) is 0. The lowest BCUT2D eigenvalue weighted by molar-refractivity contribution is -0.212. The second kappa shape index (κ2) is 6.85. The lowest BCUT2D eigenvalue weighted by Crippen LogP contribution is -2.55. The fourth-order valence-corrected chi connectivity index (χ4v) is 2.26. The molecule has 0 N–H and O–H groups in total. The summed E-state index contributed by atoms with van der Waals surface area (Å²) in [7, 11) is 0. The molecule has 1 aliphatic heterocycles. The first-order chi connectivity index (χ1) is 8.81. The second-order valence-corrected chi connectivity index (χ2v) is 4.88. The maximum Gasteiger partial charge on any atom is 0.303 e. The van der Waals surface area contributed by atoms with Gasteiger partial charge in [0.2, 0.25) is 0 Å². The van der Waals surface area contributed by atoms with E-state index in [1.54, 1.807) is 0 Å². The highest BCUT2D eigenvalue weighted by atomic mass is 79.9. The van der Waals surface area contributed by atoms with Gasteiger partial charge in [0.25, 0.3) is 0 Å². The van der Waals surface area contributed by atoms with Crippen LogP contribution in [0.1, 0.15) is 20.8 Å². The second-order valence-electron chi connectivity index (χ2n) is 3.98. The molecule has 1 rings (SSSR count). The topological polar surface area (TPSA) is 88.1 Å². The lowest BCUT2D eigenvalue weighted by Gasteiger charge is -2.38. The fourth-order valence-electron chi connectivity index (χ4n) is 1.70. The number of esters is 3. The molecule has 0 aliphatic carbocycles. The maximum absolute atomic E-state index is 11.1. The molecule has 1 aliphatic rings. The van der Waals surface area contributed by atoms with Crippen LogP contribution in [0.15, 0.2) is 0 Å². The minimum atomic E-state index is -0.913. The van der Waals surface area contributed by atoms with Gasteiger partial charge >= 0.3 is 17.9 Å². The molecule has 108 valence electrons. The van der Waals surface area contributed by atoms with E-state index in [4.69, 9.17) is 18.9 Å². The van der Waals surface area contributed by atoms with E-state index in [1.165, 1.54) is 20.8 Å². The van der Waals surface area contributed by atoms with Gasteiger partial charge in [-0.3, -0.25) is 14.4 Å². The Kier molecular flexibility index (Phi) is 5.74. The molecule has 1 heterocycles. The van der Waals surface area contributed by atoms with E-state index in [9.17, 15) is 14.4 Å². The Morgan fingerprint density at radius 2 is 1.42 bits per heavy atom. The van der Waals surface area contributed by atoms with Crippen molar-refractivity contribution in [2.75, 3.05) is 6.61 Å². The van der Waals surface area contributed by atoms with Crippen molar-refractivity contribution < 1.29 is 33.3 Å². The first kappa shape index (κ1) is 15.9. The van der Waals surface area contributed by atoms with E-state index >= 15 is 0 Å². The molecule has 0 aromatic carbocycles. The van der Waals surface area contributed by atoms with Gasteiger partial charge in [0, 0.05) is 20.8 Å². The number of hydrogen-bond donors (Lipinski definition) is 0. The molecule has 0 radical (unpaired) electrons. The van der Waals surface area contributed by atoms with Crippen molar-refractivity contribution in [3.63, 3.8) is 0 Å². The monoisotopic (exact) mass is 338 g/mol. The van der Waals surface area contributed by atoms with Gasteiger partial charge in [0.1, 0.15) is 0 Å². The summed E-state index contributed by atoms with van der Waals surface area (Å²) in [5.41, 5.74) is 0. The minimum Gasteiger partial charge on any atom is -0.456 e. The average Bonchev–Trinajstić information content (AvgIpc) is 2.25. The van der Waals surface area contributed by atoms with Gasteiger partial charge in [-0.2, -0.15) is 0 Å². The standard InChI is InChI=1S/C11H15BrO7/c1-5(13)17-8-4-16-11(12)10(19-7(3)15)9(8)18-6(2)14/h8-11H,4H2,1-3H3/t8-,9+,10-,11?/m1/s1. The Morgan fingerprint density at radius 3 is 1.89 bits per heavy atom. The first-order valence-electron chi connectivity index (χ1n) is 5.58. The van der Waals surface area contributed by atoms with Gasteiger partial charge in [0.15, 0.2) is 23.3 Å². The molecule has 0 amide bonds. The van der Waals surface area contributed by atoms with E-state index in [0.29, 0.717) is 0 Å². The highest BCUT2D eigenvalue weighted by Gasteiger charge is 2.45. The van der Waals surface area contributed by atoms with Gasteiger partial charge < -0.3 is 18.9 Å². The van der Waals surface area contributed by atoms with Crippen molar-refractivity contribution in [2.24, 2.45) is 0 Å². The van der Waals surface area contributed by atoms with Crippen LogP contribution in [0, 0.1) is 0 Å². The van der Waals surface area contributed by atoms with E-state index < -0.39 is 41.2 Å². The summed E-state index contributed by atoms with van der Waals surface area (Å²) in [4.78, 5) is 33.2. The van der Waals surface area contributed by atoms with Gasteiger partial charge in [-0.25, -0.2) is 0 Å². The SMILES string of the molecule is CC(=O)O[C@H]1[C@H](OC(C)=O)COC(Br)[C@@H]1OC(C)=O. The van der Waals surface area contributed by atoms with Gasteiger partial charge in [0.05, 0.1) is 6.61 Å². The smallest absolute Gasteiger partial charge is 0.303 e. The summed E-state index contributed by atoms with van der Waals surface area (Å²) >= 11 is 3.18. The third-order valence-corrected chi connectivity index (χ3v) is 3.08. The zero-order valence-corrected chi connectivity index (χ0v) is 12.3. The van der Waals surface area contributed by atoms with E-state index in [0.717, 1.165) is 0 Å². The zero-order chi connectivity index (χ0) is 14.6. The number of ether oxygens (including phenoxy) is 4. The molecule has 0 bridgehead atoms. The number of carbonyl (C=O) groups is 3. The molecule has 0 saturated carbocycles. The number of carbonyl (C=O) groups excluding carboxylic acids is 3. The molecule has 0 spiro atoms. The van der Waals surface area contributed by atoms with Crippen LogP contribution in [-0.4, -0.2) is 47.8 Å². The maximum atomic E-state index is 11.1. The molecule has 4 atom stereocenters. The number of halogens is 1. The predicted octanol–water partition coefficient (Wildman–Crippen LogP) is 0.533. The van der Waals surface area contributed by atoms with Crippen molar-refractivity contribution in [1.82, 2.24) is 0 Å². The molecule has 0 aromatic heterocycles. The third kappa shape index (κ3) is 4.79. The number of hydrogen-bond acceptors (Lipinski definition) is 7. The summed E-state index contributed by atoms with van der Waals surface area (Å²) in [5, 5.41) is -0.646. The van der Waals surface area contributed by atoms with Crippen molar-refractivity contribution in [2.45, 2.75) is 44.1 Å². The van der Waals surface area contributed by atoms with Gasteiger partial charge in [-0.05, 0) is 0 Å². The molecular formula is C11H15BrO7. The zero-order valence-electron chi connectivity index (χ0n) is 10.8. The fraction of sp³-hybridized carbons (Fsp3) is 0.727. The van der Waals surface area contributed by atoms with Gasteiger partial charge in [-0.1, -0.05) is 15.9 Å². The van der Waals surface area contributed by atoms with Crippen LogP contribution >= 0.6 is 15.9 Å². The number of alkyl halides is 1. The third-order valence-electron chi connectivity index (χ3n) is 2.29. The Hall–Kier alpha value is -1.15. The number of rotatable bonds is 3. The lowest BCUT2D eigenvalue weighted by atomic mass is 10.1. The van der Waals surface area contributed by atoms with Crippen LogP contribution in [0.4, 0.5) is 0 Å². The predicted molar refractivity (Wildman–Crippen MR) is 65.3 cm³/mol. The molecule has 1 fully saturated rings. The average molecular weight is 339 g/mol. The minimum absolute atomic E-state index is 0.0329. The largest absolute Gasteiger partial charge is 0.456 e. The van der Waals surface area contributed by atoms with E-state index in [2.05, 4.69) is 15.9 Å². The highest BCUT2D eigenvalue weighted by molar-refractivity contribution is 9.09. The van der Waals surface area contributed by atoms with Crippen LogP contribution in [0.3, 0.4) is 0 Å². The summed E-state index contributed by atoms with van der Waals surface area (Å²) in [6.07, 6.45) is -2.62. The first-order valence-corrected chi connectivity index (χ1v) is 6.50. The van der Waals surface area contributed by atoms with Crippen LogP contribution in [0.5, 0.6) is 0 Å². The molecule has 1 unspecified atom stereocenters. The van der Waals surface area contributed by atoms with Crippen LogP contribution in [0.2, 0.25) is 0 Å². The Labute approximate surface area is 118 Å². The van der Waals surface area contributed by atoms with Crippen molar-refractivity contribution in [3.05, 3.63) is 0 Å². The molecule has 19 heavy (non-hydrogen) atoms. The van der Waals surface area contributed by atoms with Crippen LogP contribution in [0.25, 0.3) is 0 Å². The molecular weight excluding hydrogens is 324 g/mol. The Bertz CT molecular complexity index is 370. The van der Waals surface area contributed by atoms with E-state index in [1.807, 2.05) is 0 Å². The quantitative estimate of drug-likeness (QED) is 0.421. The summed E-state index contributed by atoms with van der Waals surface area (Å²) < 4.78 is 20.4. The Balaban J connectivity index is 2.89. The Morgan fingerprint density at radius 1 is 0.947 bits per heavy atom. The molecule has 7 nitrogen and oxygen atoms in total. The van der Waals surface area contributed by atoms with Crippen molar-refractivity contribution >= 4 is 33.8 Å². The summed E-state index contributed by atoms with van der Waals surface area (Å²) in [5.74, 6) is -1.67. The van der Waals surface area contributed by atoms with E-state index in [-0.39, 0.29) is 6.61 Å². The normalized spacial score (nSPS) is 30.3. The van der Waals surface area contributed by atoms with Crippen LogP contribution < -0.4 is 0 Å². The van der Waals surface area contributed by atoms with Crippen molar-refractivity contribution in [3.8, 4) is 0 Å².